The SMILES string of the molecule is CCOC(=O)CC(C)=O.CCOC(=O)OC.COC(=O)OC.O=C1OCCO1. The first-order valence-electron chi connectivity index (χ1n) is 7.95. The van der Waals surface area contributed by atoms with Crippen molar-refractivity contribution in [2.24, 2.45) is 0 Å². The largest absolute Gasteiger partial charge is 0.508 e. The standard InChI is InChI=1S/C6H10O3.C4H8O3.C3H4O3.C3H6O3/c1-3-9-6(8)4-5(2)7;1-3-7-4(5)6-2;4-3-5-1-2-6-3;1-5-3(4)6-2/h3-4H2,1-2H3;3H2,1-2H3;1-2H2;1-2H3. The third-order valence-electron chi connectivity index (χ3n) is 1.98. The van der Waals surface area contributed by atoms with Gasteiger partial charge in [-0.15, -0.1) is 0 Å². The minimum absolute atomic E-state index is 0.103. The predicted octanol–water partition coefficient (Wildman–Crippen LogP) is 1.87. The maximum Gasteiger partial charge on any atom is 0.508 e. The minimum atomic E-state index is -0.657. The number of carbonyl (C=O) groups excluding carboxylic acids is 5. The molecule has 0 N–H and O–H groups in total. The molecule has 1 fully saturated rings. The Labute approximate surface area is 163 Å². The Morgan fingerprint density at radius 1 is 0.821 bits per heavy atom. The number of hydrogen-bond acceptors (Lipinski definition) is 12. The van der Waals surface area contributed by atoms with Crippen molar-refractivity contribution >= 4 is 30.2 Å². The Kier molecular flexibility index (Phi) is 23.3. The molecule has 0 saturated carbocycles. The van der Waals surface area contributed by atoms with Crippen molar-refractivity contribution in [3.8, 4) is 0 Å². The van der Waals surface area contributed by atoms with Gasteiger partial charge in [0.05, 0.1) is 34.5 Å². The number of cyclic esters (lactones) is 2. The van der Waals surface area contributed by atoms with Crippen molar-refractivity contribution in [3.63, 3.8) is 0 Å². The highest BCUT2D eigenvalue weighted by Gasteiger charge is 2.09. The topological polar surface area (TPSA) is 150 Å². The Morgan fingerprint density at radius 2 is 1.25 bits per heavy atom. The lowest BCUT2D eigenvalue weighted by molar-refractivity contribution is -0.145. The van der Waals surface area contributed by atoms with Crippen molar-refractivity contribution in [1.82, 2.24) is 0 Å². The summed E-state index contributed by atoms with van der Waals surface area (Å²) < 4.78 is 29.6. The molecule has 0 bridgehead atoms. The van der Waals surface area contributed by atoms with Crippen LogP contribution >= 0.6 is 0 Å². The lowest BCUT2D eigenvalue weighted by atomic mass is 10.3. The highest BCUT2D eigenvalue weighted by molar-refractivity contribution is 5.94. The zero-order chi connectivity index (χ0) is 22.4. The lowest BCUT2D eigenvalue weighted by Crippen LogP contribution is -2.07. The summed E-state index contributed by atoms with van der Waals surface area (Å²) in [5.74, 6) is -0.599. The van der Waals surface area contributed by atoms with E-state index in [2.05, 4.69) is 33.2 Å². The fourth-order valence-electron chi connectivity index (χ4n) is 0.967. The summed E-state index contributed by atoms with van der Waals surface area (Å²) in [4.78, 5) is 50.1. The van der Waals surface area contributed by atoms with Gasteiger partial charge >= 0.3 is 24.4 Å². The van der Waals surface area contributed by atoms with E-state index in [9.17, 15) is 24.0 Å². The Bertz CT molecular complexity index is 445. The number of methoxy groups -OCH3 is 3. The second kappa shape index (κ2) is 22.0. The third-order valence-corrected chi connectivity index (χ3v) is 1.98. The Hall–Kier alpha value is -3.05. The smallest absolute Gasteiger partial charge is 0.466 e. The zero-order valence-electron chi connectivity index (χ0n) is 16.9. The molecule has 0 unspecified atom stereocenters. The molecular formula is C16H28O12. The van der Waals surface area contributed by atoms with Crippen LogP contribution in [0.5, 0.6) is 0 Å². The molecule has 0 amide bonds. The highest BCUT2D eigenvalue weighted by atomic mass is 16.8. The molecule has 0 aromatic heterocycles. The summed E-state index contributed by atoms with van der Waals surface area (Å²) in [6, 6.07) is 0. The third kappa shape index (κ3) is 27.8. The molecule has 0 aromatic carbocycles. The van der Waals surface area contributed by atoms with Gasteiger partial charge in [-0.2, -0.15) is 0 Å². The molecule has 0 aliphatic carbocycles. The average Bonchev–Trinajstić information content (AvgIpc) is 3.13. The van der Waals surface area contributed by atoms with E-state index in [1.165, 1.54) is 28.3 Å². The van der Waals surface area contributed by atoms with Crippen molar-refractivity contribution in [3.05, 3.63) is 0 Å². The van der Waals surface area contributed by atoms with Gasteiger partial charge in [-0.05, 0) is 20.8 Å². The maximum atomic E-state index is 10.4. The molecule has 28 heavy (non-hydrogen) atoms. The quantitative estimate of drug-likeness (QED) is 0.376. The average molecular weight is 412 g/mol. The van der Waals surface area contributed by atoms with Crippen LogP contribution in [0, 0.1) is 0 Å². The van der Waals surface area contributed by atoms with Gasteiger partial charge in [-0.3, -0.25) is 9.59 Å². The Morgan fingerprint density at radius 3 is 1.43 bits per heavy atom. The van der Waals surface area contributed by atoms with E-state index in [-0.39, 0.29) is 12.2 Å². The molecule has 1 saturated heterocycles. The van der Waals surface area contributed by atoms with Gasteiger partial charge in [-0.1, -0.05) is 0 Å². The lowest BCUT2D eigenvalue weighted by Gasteiger charge is -1.96. The molecule has 1 aliphatic rings. The van der Waals surface area contributed by atoms with Gasteiger partial charge in [0.25, 0.3) is 0 Å². The second-order valence-electron chi connectivity index (χ2n) is 4.18. The van der Waals surface area contributed by atoms with Gasteiger partial charge < -0.3 is 33.2 Å². The van der Waals surface area contributed by atoms with Crippen LogP contribution in [0.2, 0.25) is 0 Å². The number of hydrogen-bond donors (Lipinski definition) is 0. The summed E-state index contributed by atoms with van der Waals surface area (Å²) in [5.41, 5.74) is 0. The molecule has 1 heterocycles. The Balaban J connectivity index is -0.000000302. The molecule has 12 heteroatoms. The van der Waals surface area contributed by atoms with Crippen LogP contribution in [0.25, 0.3) is 0 Å². The normalized spacial score (nSPS) is 10.4. The molecule has 164 valence electrons. The first-order chi connectivity index (χ1) is 13.2. The van der Waals surface area contributed by atoms with E-state index in [0.717, 1.165) is 0 Å². The number of ether oxygens (including phenoxy) is 7. The van der Waals surface area contributed by atoms with Crippen molar-refractivity contribution in [2.75, 3.05) is 47.8 Å². The van der Waals surface area contributed by atoms with E-state index < -0.39 is 24.4 Å². The monoisotopic (exact) mass is 412 g/mol. The molecule has 0 aromatic rings. The molecule has 0 atom stereocenters. The van der Waals surface area contributed by atoms with E-state index in [1.54, 1.807) is 13.8 Å². The summed E-state index contributed by atoms with van der Waals surface area (Å²) in [6.07, 6.45) is -1.93. The summed E-state index contributed by atoms with van der Waals surface area (Å²) >= 11 is 0. The van der Waals surface area contributed by atoms with Gasteiger partial charge in [0.1, 0.15) is 25.4 Å². The van der Waals surface area contributed by atoms with Gasteiger partial charge in [0, 0.05) is 0 Å². The fourth-order valence-corrected chi connectivity index (χ4v) is 0.967. The number of esters is 1. The fraction of sp³-hybridized carbons (Fsp3) is 0.688. The summed E-state index contributed by atoms with van der Waals surface area (Å²) in [6.45, 7) is 6.32. The summed E-state index contributed by atoms with van der Waals surface area (Å²) in [7, 11) is 3.79. The zero-order valence-corrected chi connectivity index (χ0v) is 16.9. The first-order valence-corrected chi connectivity index (χ1v) is 7.95. The van der Waals surface area contributed by atoms with Gasteiger partial charge in [0.15, 0.2) is 0 Å². The molecule has 12 nitrogen and oxygen atoms in total. The highest BCUT2D eigenvalue weighted by Crippen LogP contribution is 1.92. The summed E-state index contributed by atoms with van der Waals surface area (Å²) in [5, 5.41) is 0. The number of rotatable bonds is 4. The minimum Gasteiger partial charge on any atom is -0.466 e. The van der Waals surface area contributed by atoms with E-state index >= 15 is 0 Å². The maximum absolute atomic E-state index is 10.4. The molecule has 0 spiro atoms. The van der Waals surface area contributed by atoms with Gasteiger partial charge in [0.2, 0.25) is 0 Å². The number of ketones is 1. The van der Waals surface area contributed by atoms with Crippen LogP contribution in [0.1, 0.15) is 27.2 Å². The van der Waals surface area contributed by atoms with Crippen molar-refractivity contribution in [1.29, 1.82) is 0 Å². The first kappa shape index (κ1) is 29.7. The molecule has 0 radical (unpaired) electrons. The van der Waals surface area contributed by atoms with E-state index in [1.807, 2.05) is 0 Å². The molecule has 1 aliphatic heterocycles. The van der Waals surface area contributed by atoms with Crippen LogP contribution in [0.15, 0.2) is 0 Å². The van der Waals surface area contributed by atoms with Gasteiger partial charge in [-0.25, -0.2) is 14.4 Å². The van der Waals surface area contributed by atoms with E-state index in [4.69, 9.17) is 0 Å². The molecule has 1 rings (SSSR count). The van der Waals surface area contributed by atoms with Crippen LogP contribution in [-0.4, -0.2) is 78.0 Å². The van der Waals surface area contributed by atoms with Crippen molar-refractivity contribution in [2.45, 2.75) is 27.2 Å². The van der Waals surface area contributed by atoms with E-state index in [0.29, 0.717) is 26.4 Å². The predicted molar refractivity (Wildman–Crippen MR) is 92.7 cm³/mol. The van der Waals surface area contributed by atoms with Crippen LogP contribution in [-0.2, 0) is 42.7 Å². The van der Waals surface area contributed by atoms with Crippen LogP contribution in [0.3, 0.4) is 0 Å². The van der Waals surface area contributed by atoms with Crippen LogP contribution < -0.4 is 0 Å². The number of Topliss-reactive ketones (excluding diaryl/α,β-unsaturated/α-hetero) is 1. The van der Waals surface area contributed by atoms with Crippen LogP contribution in [0.4, 0.5) is 14.4 Å². The molecular weight excluding hydrogens is 384 g/mol. The second-order valence-corrected chi connectivity index (χ2v) is 4.18. The number of carbonyl (C=O) groups is 5. The van der Waals surface area contributed by atoms with Crippen molar-refractivity contribution < 1.29 is 57.1 Å².